The third-order valence-electron chi connectivity index (χ3n) is 4.70. The molecular formula is C16H26Si. The second-order valence-corrected chi connectivity index (χ2v) is 11.4. The molecule has 1 fully saturated rings. The predicted molar refractivity (Wildman–Crippen MR) is 79.4 cm³/mol. The normalized spacial score (nSPS) is 26.0. The maximum Gasteiger partial charge on any atom is 0.0842 e. The van der Waals surface area contributed by atoms with Crippen LogP contribution >= 0.6 is 0 Å². The van der Waals surface area contributed by atoms with Gasteiger partial charge in [-0.1, -0.05) is 69.4 Å². The lowest BCUT2D eigenvalue weighted by Crippen LogP contribution is -2.48. The van der Waals surface area contributed by atoms with Gasteiger partial charge in [0.1, 0.15) is 0 Å². The van der Waals surface area contributed by atoms with Crippen LogP contribution in [0.2, 0.25) is 18.6 Å². The Bertz CT molecular complexity index is 366. The molecule has 1 aliphatic carbocycles. The third kappa shape index (κ3) is 2.49. The molecule has 0 radical (unpaired) electrons. The maximum atomic E-state index is 2.57. The Hall–Kier alpha value is -0.563. The second-order valence-electron chi connectivity index (χ2n) is 6.73. The van der Waals surface area contributed by atoms with E-state index in [1.54, 1.807) is 5.19 Å². The van der Waals surface area contributed by atoms with Crippen molar-refractivity contribution in [2.24, 2.45) is 17.8 Å². The average Bonchev–Trinajstić information content (AvgIpc) is 2.95. The molecule has 1 heteroatoms. The molecule has 1 aromatic carbocycles. The van der Waals surface area contributed by atoms with Gasteiger partial charge >= 0.3 is 0 Å². The van der Waals surface area contributed by atoms with E-state index in [0.29, 0.717) is 0 Å². The van der Waals surface area contributed by atoms with Crippen LogP contribution in [0, 0.1) is 17.8 Å². The van der Waals surface area contributed by atoms with Crippen LogP contribution in [0.25, 0.3) is 0 Å². The van der Waals surface area contributed by atoms with Crippen molar-refractivity contribution in [3.8, 4) is 0 Å². The topological polar surface area (TPSA) is 0 Å². The SMILES string of the molecule is CC(C)[C@@H]([C@@H]1C[C@H]1C)[Si](C)(C)c1ccccc1. The molecule has 0 bridgehead atoms. The minimum Gasteiger partial charge on any atom is -0.0652 e. The molecule has 3 atom stereocenters. The van der Waals surface area contributed by atoms with E-state index >= 15 is 0 Å². The smallest absolute Gasteiger partial charge is 0.0652 e. The molecule has 0 aromatic heterocycles. The Morgan fingerprint density at radius 2 is 1.65 bits per heavy atom. The Labute approximate surface area is 107 Å². The predicted octanol–water partition coefficient (Wildman–Crippen LogP) is 4.28. The lowest BCUT2D eigenvalue weighted by molar-refractivity contribution is 0.505. The van der Waals surface area contributed by atoms with E-state index in [-0.39, 0.29) is 0 Å². The van der Waals surface area contributed by atoms with Crippen molar-refractivity contribution in [1.29, 1.82) is 0 Å². The van der Waals surface area contributed by atoms with Gasteiger partial charge in [0, 0.05) is 0 Å². The fourth-order valence-corrected chi connectivity index (χ4v) is 8.41. The van der Waals surface area contributed by atoms with Crippen LogP contribution < -0.4 is 5.19 Å². The first-order valence-corrected chi connectivity index (χ1v) is 10.1. The molecule has 94 valence electrons. The van der Waals surface area contributed by atoms with Crippen LogP contribution in [0.3, 0.4) is 0 Å². The van der Waals surface area contributed by atoms with Crippen LogP contribution in [-0.4, -0.2) is 8.07 Å². The van der Waals surface area contributed by atoms with Gasteiger partial charge in [0.15, 0.2) is 0 Å². The average molecular weight is 246 g/mol. The zero-order chi connectivity index (χ0) is 12.6. The van der Waals surface area contributed by atoms with Crippen molar-refractivity contribution in [3.63, 3.8) is 0 Å². The van der Waals surface area contributed by atoms with E-state index < -0.39 is 8.07 Å². The molecule has 0 amide bonds. The van der Waals surface area contributed by atoms with Crippen molar-refractivity contribution in [2.75, 3.05) is 0 Å². The summed E-state index contributed by atoms with van der Waals surface area (Å²) in [6.45, 7) is 12.4. The van der Waals surface area contributed by atoms with E-state index in [4.69, 9.17) is 0 Å². The molecule has 0 unspecified atom stereocenters. The molecule has 0 N–H and O–H groups in total. The van der Waals surface area contributed by atoms with Gasteiger partial charge in [0.2, 0.25) is 0 Å². The van der Waals surface area contributed by atoms with Gasteiger partial charge in [-0.05, 0) is 29.7 Å². The lowest BCUT2D eigenvalue weighted by atomic mass is 10.1. The van der Waals surface area contributed by atoms with E-state index in [1.807, 2.05) is 0 Å². The number of benzene rings is 1. The fourth-order valence-electron chi connectivity index (χ4n) is 3.77. The van der Waals surface area contributed by atoms with Crippen molar-refractivity contribution in [3.05, 3.63) is 30.3 Å². The summed E-state index contributed by atoms with van der Waals surface area (Å²) in [4.78, 5) is 0. The number of hydrogen-bond donors (Lipinski definition) is 0. The van der Waals surface area contributed by atoms with Crippen LogP contribution in [-0.2, 0) is 0 Å². The Morgan fingerprint density at radius 3 is 2.06 bits per heavy atom. The van der Waals surface area contributed by atoms with Crippen molar-refractivity contribution >= 4 is 13.3 Å². The van der Waals surface area contributed by atoms with E-state index in [2.05, 4.69) is 64.2 Å². The number of hydrogen-bond acceptors (Lipinski definition) is 0. The summed E-state index contributed by atoms with van der Waals surface area (Å²) in [5.41, 5.74) is 0.944. The summed E-state index contributed by atoms with van der Waals surface area (Å²) in [6.07, 6.45) is 1.46. The molecule has 2 rings (SSSR count). The quantitative estimate of drug-likeness (QED) is 0.696. The maximum absolute atomic E-state index is 2.57. The summed E-state index contributed by atoms with van der Waals surface area (Å²) in [7, 11) is -1.31. The van der Waals surface area contributed by atoms with Gasteiger partial charge in [-0.25, -0.2) is 0 Å². The van der Waals surface area contributed by atoms with Gasteiger partial charge in [0.25, 0.3) is 0 Å². The monoisotopic (exact) mass is 246 g/mol. The lowest BCUT2D eigenvalue weighted by Gasteiger charge is -2.36. The zero-order valence-corrected chi connectivity index (χ0v) is 12.9. The largest absolute Gasteiger partial charge is 0.0842 e. The van der Waals surface area contributed by atoms with Gasteiger partial charge < -0.3 is 0 Å². The van der Waals surface area contributed by atoms with Crippen molar-refractivity contribution in [2.45, 2.75) is 45.8 Å². The minimum atomic E-state index is -1.31. The highest BCUT2D eigenvalue weighted by Gasteiger charge is 2.48. The third-order valence-corrected chi connectivity index (χ3v) is 9.29. The Morgan fingerprint density at radius 1 is 1.12 bits per heavy atom. The van der Waals surface area contributed by atoms with Gasteiger partial charge in [0.05, 0.1) is 8.07 Å². The van der Waals surface area contributed by atoms with E-state index in [0.717, 1.165) is 23.3 Å². The minimum absolute atomic E-state index is 0.826. The first kappa shape index (κ1) is 12.9. The van der Waals surface area contributed by atoms with Crippen LogP contribution in [0.15, 0.2) is 30.3 Å². The Kier molecular flexibility index (Phi) is 3.49. The molecule has 0 aliphatic heterocycles. The highest BCUT2D eigenvalue weighted by atomic mass is 28.3. The Balaban J connectivity index is 2.29. The molecule has 0 heterocycles. The number of rotatable bonds is 4. The molecule has 1 aliphatic rings. The molecule has 0 spiro atoms. The summed E-state index contributed by atoms with van der Waals surface area (Å²) in [5, 5.41) is 1.64. The van der Waals surface area contributed by atoms with Crippen LogP contribution in [0.1, 0.15) is 27.2 Å². The molecule has 1 aromatic rings. The summed E-state index contributed by atoms with van der Waals surface area (Å²) >= 11 is 0. The molecular weight excluding hydrogens is 220 g/mol. The van der Waals surface area contributed by atoms with E-state index in [1.165, 1.54) is 6.42 Å². The van der Waals surface area contributed by atoms with Crippen molar-refractivity contribution in [1.82, 2.24) is 0 Å². The van der Waals surface area contributed by atoms with Gasteiger partial charge in [-0.3, -0.25) is 0 Å². The second kappa shape index (κ2) is 4.60. The van der Waals surface area contributed by atoms with Crippen molar-refractivity contribution < 1.29 is 0 Å². The van der Waals surface area contributed by atoms with Gasteiger partial charge in [-0.15, -0.1) is 0 Å². The van der Waals surface area contributed by atoms with E-state index in [9.17, 15) is 0 Å². The fraction of sp³-hybridized carbons (Fsp3) is 0.625. The highest BCUT2D eigenvalue weighted by molar-refractivity contribution is 6.91. The standard InChI is InChI=1S/C16H26Si/c1-12(2)16(15-11-13(15)3)17(4,5)14-9-7-6-8-10-14/h6-10,12-13,15-16H,11H2,1-5H3/t13-,15-,16+/m1/s1. The zero-order valence-electron chi connectivity index (χ0n) is 11.9. The van der Waals surface area contributed by atoms with Crippen LogP contribution in [0.4, 0.5) is 0 Å². The van der Waals surface area contributed by atoms with Crippen LogP contribution in [0.5, 0.6) is 0 Å². The summed E-state index contributed by atoms with van der Waals surface area (Å²) in [5.74, 6) is 2.79. The van der Waals surface area contributed by atoms with Gasteiger partial charge in [-0.2, -0.15) is 0 Å². The highest BCUT2D eigenvalue weighted by Crippen LogP contribution is 2.53. The first-order valence-electron chi connectivity index (χ1n) is 7.00. The molecule has 17 heavy (non-hydrogen) atoms. The molecule has 1 saturated carbocycles. The summed E-state index contributed by atoms with van der Waals surface area (Å²) in [6, 6.07) is 11.3. The summed E-state index contributed by atoms with van der Waals surface area (Å²) < 4.78 is 0. The molecule has 0 nitrogen and oxygen atoms in total. The first-order chi connectivity index (χ1) is 7.94. The molecule has 0 saturated heterocycles.